The standard InChI is InChI=1S/C16H20N4O3S/c1-23-13-5-7-17-15(12-13)19-8-10-20(11-9-19)16-14(24(2,21)22)4-3-6-18-16/h3-7,12H,8-11H2,1-2H3. The summed E-state index contributed by atoms with van der Waals surface area (Å²) in [5.41, 5.74) is 0. The van der Waals surface area contributed by atoms with Gasteiger partial charge in [0.05, 0.1) is 7.11 Å². The molecule has 24 heavy (non-hydrogen) atoms. The van der Waals surface area contributed by atoms with E-state index in [2.05, 4.69) is 14.9 Å². The fourth-order valence-corrected chi connectivity index (χ4v) is 3.60. The van der Waals surface area contributed by atoms with Crippen LogP contribution in [0.1, 0.15) is 0 Å². The zero-order valence-corrected chi connectivity index (χ0v) is 14.5. The van der Waals surface area contributed by atoms with E-state index in [1.165, 1.54) is 6.26 Å². The van der Waals surface area contributed by atoms with Crippen molar-refractivity contribution in [3.63, 3.8) is 0 Å². The first kappa shape index (κ1) is 16.5. The highest BCUT2D eigenvalue weighted by molar-refractivity contribution is 7.90. The van der Waals surface area contributed by atoms with E-state index in [0.29, 0.717) is 18.9 Å². The number of sulfone groups is 1. The molecular weight excluding hydrogens is 328 g/mol. The Balaban J connectivity index is 1.76. The lowest BCUT2D eigenvalue weighted by Gasteiger charge is -2.36. The molecule has 0 bridgehead atoms. The smallest absolute Gasteiger partial charge is 0.179 e. The number of pyridine rings is 2. The van der Waals surface area contributed by atoms with E-state index in [0.717, 1.165) is 24.7 Å². The fraction of sp³-hybridized carbons (Fsp3) is 0.375. The van der Waals surface area contributed by atoms with Crippen LogP contribution in [-0.4, -0.2) is 57.9 Å². The maximum Gasteiger partial charge on any atom is 0.179 e. The van der Waals surface area contributed by atoms with Crippen LogP contribution in [0.5, 0.6) is 5.75 Å². The molecule has 1 saturated heterocycles. The van der Waals surface area contributed by atoms with Crippen LogP contribution in [0.15, 0.2) is 41.6 Å². The second kappa shape index (κ2) is 6.64. The summed E-state index contributed by atoms with van der Waals surface area (Å²) < 4.78 is 29.1. The summed E-state index contributed by atoms with van der Waals surface area (Å²) in [6.07, 6.45) is 4.56. The molecule has 0 aliphatic carbocycles. The molecule has 0 spiro atoms. The van der Waals surface area contributed by atoms with Crippen LogP contribution in [0.3, 0.4) is 0 Å². The third-order valence-electron chi connectivity index (χ3n) is 4.01. The van der Waals surface area contributed by atoms with Gasteiger partial charge < -0.3 is 14.5 Å². The second-order valence-corrected chi connectivity index (χ2v) is 7.61. The number of piperazine rings is 1. The van der Waals surface area contributed by atoms with Crippen molar-refractivity contribution in [3.8, 4) is 5.75 Å². The molecule has 1 aliphatic rings. The largest absolute Gasteiger partial charge is 0.497 e. The molecule has 0 N–H and O–H groups in total. The van der Waals surface area contributed by atoms with Crippen molar-refractivity contribution in [2.45, 2.75) is 4.90 Å². The number of nitrogens with zero attached hydrogens (tertiary/aromatic N) is 4. The molecule has 1 fully saturated rings. The van der Waals surface area contributed by atoms with Gasteiger partial charge in [-0.2, -0.15) is 0 Å². The molecule has 0 aromatic carbocycles. The third kappa shape index (κ3) is 3.43. The van der Waals surface area contributed by atoms with Crippen LogP contribution < -0.4 is 14.5 Å². The van der Waals surface area contributed by atoms with Crippen molar-refractivity contribution < 1.29 is 13.2 Å². The third-order valence-corrected chi connectivity index (χ3v) is 5.12. The lowest BCUT2D eigenvalue weighted by atomic mass is 10.3. The van der Waals surface area contributed by atoms with E-state index in [1.807, 2.05) is 17.0 Å². The molecule has 0 amide bonds. The minimum Gasteiger partial charge on any atom is -0.497 e. The van der Waals surface area contributed by atoms with E-state index in [1.54, 1.807) is 31.6 Å². The van der Waals surface area contributed by atoms with Crippen molar-refractivity contribution in [1.82, 2.24) is 9.97 Å². The van der Waals surface area contributed by atoms with Crippen molar-refractivity contribution in [2.24, 2.45) is 0 Å². The molecule has 1 aliphatic heterocycles. The number of hydrogen-bond acceptors (Lipinski definition) is 7. The maximum atomic E-state index is 12.0. The summed E-state index contributed by atoms with van der Waals surface area (Å²) in [6, 6.07) is 6.97. The Morgan fingerprint density at radius 3 is 2.42 bits per heavy atom. The van der Waals surface area contributed by atoms with Crippen LogP contribution in [0.2, 0.25) is 0 Å². The molecule has 3 heterocycles. The summed E-state index contributed by atoms with van der Waals surface area (Å²) in [5, 5.41) is 0. The average molecular weight is 348 g/mol. The van der Waals surface area contributed by atoms with Crippen molar-refractivity contribution in [2.75, 3.05) is 49.3 Å². The Morgan fingerprint density at radius 2 is 1.75 bits per heavy atom. The zero-order valence-electron chi connectivity index (χ0n) is 13.7. The van der Waals surface area contributed by atoms with E-state index < -0.39 is 9.84 Å². The molecule has 2 aromatic heterocycles. The molecule has 0 unspecified atom stereocenters. The summed E-state index contributed by atoms with van der Waals surface area (Å²) in [6.45, 7) is 2.83. The zero-order chi connectivity index (χ0) is 17.2. The topological polar surface area (TPSA) is 75.6 Å². The number of anilines is 2. The molecule has 3 rings (SSSR count). The highest BCUT2D eigenvalue weighted by Gasteiger charge is 2.24. The van der Waals surface area contributed by atoms with Gasteiger partial charge in [-0.15, -0.1) is 0 Å². The Morgan fingerprint density at radius 1 is 1.04 bits per heavy atom. The lowest BCUT2D eigenvalue weighted by molar-refractivity contribution is 0.414. The Labute approximate surface area is 141 Å². The van der Waals surface area contributed by atoms with E-state index in [4.69, 9.17) is 4.74 Å². The van der Waals surface area contributed by atoms with Crippen LogP contribution in [0, 0.1) is 0 Å². The number of methoxy groups -OCH3 is 1. The van der Waals surface area contributed by atoms with Gasteiger partial charge in [0.1, 0.15) is 22.3 Å². The van der Waals surface area contributed by atoms with Crippen molar-refractivity contribution >= 4 is 21.5 Å². The molecular formula is C16H20N4O3S. The van der Waals surface area contributed by atoms with Gasteiger partial charge in [0.2, 0.25) is 0 Å². The SMILES string of the molecule is COc1ccnc(N2CCN(c3ncccc3S(C)(=O)=O)CC2)c1. The first-order chi connectivity index (χ1) is 11.5. The molecule has 2 aromatic rings. The summed E-state index contributed by atoms with van der Waals surface area (Å²) in [5.74, 6) is 2.16. The normalized spacial score (nSPS) is 15.4. The van der Waals surface area contributed by atoms with Gasteiger partial charge in [0, 0.05) is 50.9 Å². The maximum absolute atomic E-state index is 12.0. The van der Waals surface area contributed by atoms with Gasteiger partial charge in [-0.25, -0.2) is 18.4 Å². The van der Waals surface area contributed by atoms with Gasteiger partial charge in [0.15, 0.2) is 9.84 Å². The minimum atomic E-state index is -3.30. The molecule has 0 saturated carbocycles. The Kier molecular flexibility index (Phi) is 4.57. The molecule has 128 valence electrons. The van der Waals surface area contributed by atoms with Crippen molar-refractivity contribution in [1.29, 1.82) is 0 Å². The second-order valence-electron chi connectivity index (χ2n) is 5.63. The Hall–Kier alpha value is -2.35. The summed E-state index contributed by atoms with van der Waals surface area (Å²) in [7, 11) is -1.67. The first-order valence-corrected chi connectivity index (χ1v) is 9.53. The van der Waals surface area contributed by atoms with Crippen molar-refractivity contribution in [3.05, 3.63) is 36.7 Å². The predicted molar refractivity (Wildman–Crippen MR) is 92.6 cm³/mol. The van der Waals surface area contributed by atoms with Crippen LogP contribution in [0.25, 0.3) is 0 Å². The van der Waals surface area contributed by atoms with Crippen LogP contribution in [0.4, 0.5) is 11.6 Å². The quantitative estimate of drug-likeness (QED) is 0.822. The number of ether oxygens (including phenoxy) is 1. The molecule has 0 radical (unpaired) electrons. The number of aromatic nitrogens is 2. The molecule has 0 atom stereocenters. The molecule has 7 nitrogen and oxygen atoms in total. The highest BCUT2D eigenvalue weighted by Crippen LogP contribution is 2.25. The Bertz CT molecular complexity index is 818. The summed E-state index contributed by atoms with van der Waals surface area (Å²) >= 11 is 0. The van der Waals surface area contributed by atoms with Crippen LogP contribution in [-0.2, 0) is 9.84 Å². The van der Waals surface area contributed by atoms with Gasteiger partial charge in [-0.05, 0) is 18.2 Å². The van der Waals surface area contributed by atoms with E-state index >= 15 is 0 Å². The fourth-order valence-electron chi connectivity index (χ4n) is 2.76. The molecule has 8 heteroatoms. The summed E-state index contributed by atoms with van der Waals surface area (Å²) in [4.78, 5) is 13.1. The van der Waals surface area contributed by atoms with E-state index in [-0.39, 0.29) is 4.90 Å². The average Bonchev–Trinajstić information content (AvgIpc) is 2.61. The number of hydrogen-bond donors (Lipinski definition) is 0. The monoisotopic (exact) mass is 348 g/mol. The first-order valence-electron chi connectivity index (χ1n) is 7.64. The lowest BCUT2D eigenvalue weighted by Crippen LogP contribution is -2.47. The number of rotatable bonds is 4. The highest BCUT2D eigenvalue weighted by atomic mass is 32.2. The van der Waals surface area contributed by atoms with Gasteiger partial charge >= 0.3 is 0 Å². The van der Waals surface area contributed by atoms with Gasteiger partial charge in [-0.3, -0.25) is 0 Å². The van der Waals surface area contributed by atoms with Crippen LogP contribution >= 0.6 is 0 Å². The van der Waals surface area contributed by atoms with E-state index in [9.17, 15) is 8.42 Å². The van der Waals surface area contributed by atoms with Gasteiger partial charge in [-0.1, -0.05) is 0 Å². The predicted octanol–water partition coefficient (Wildman–Crippen LogP) is 1.22. The minimum absolute atomic E-state index is 0.276. The van der Waals surface area contributed by atoms with Gasteiger partial charge in [0.25, 0.3) is 0 Å².